The van der Waals surface area contributed by atoms with Gasteiger partial charge < -0.3 is 10.6 Å². The predicted octanol–water partition coefficient (Wildman–Crippen LogP) is 5.28. The van der Waals surface area contributed by atoms with E-state index in [9.17, 15) is 18.0 Å². The Bertz CT molecular complexity index is 1360. The Labute approximate surface area is 218 Å². The van der Waals surface area contributed by atoms with Gasteiger partial charge in [-0.2, -0.15) is 4.31 Å². The maximum Gasteiger partial charge on any atom is 0.255 e. The molecule has 2 amide bonds. The van der Waals surface area contributed by atoms with E-state index >= 15 is 0 Å². The first-order valence-electron chi connectivity index (χ1n) is 12.4. The quantitative estimate of drug-likeness (QED) is 0.463. The number of hydrogen-bond acceptors (Lipinski definition) is 4. The molecule has 1 aliphatic heterocycles. The van der Waals surface area contributed by atoms with Crippen LogP contribution in [0.5, 0.6) is 0 Å². The number of carbonyl (C=O) groups excluding carboxylic acids is 2. The van der Waals surface area contributed by atoms with Crippen molar-refractivity contribution < 1.29 is 18.0 Å². The highest BCUT2D eigenvalue weighted by atomic mass is 32.2. The van der Waals surface area contributed by atoms with Crippen molar-refractivity contribution in [1.29, 1.82) is 0 Å². The third-order valence-electron chi connectivity index (χ3n) is 6.61. The smallest absolute Gasteiger partial charge is 0.255 e. The Balaban J connectivity index is 1.33. The molecule has 0 bridgehead atoms. The highest BCUT2D eigenvalue weighted by molar-refractivity contribution is 7.89. The molecule has 3 aromatic rings. The van der Waals surface area contributed by atoms with Gasteiger partial charge in [0, 0.05) is 35.9 Å². The SMILES string of the molecule is CC(C)(C)c1ccc(C(=O)Nc2cccc(NC(=O)C3CCN(S(=O)(=O)c4ccccc4)CC3)c2)cc1. The second-order valence-electron chi connectivity index (χ2n) is 10.3. The number of rotatable bonds is 6. The minimum absolute atomic E-state index is 0.00825. The Kier molecular flexibility index (Phi) is 7.80. The minimum Gasteiger partial charge on any atom is -0.326 e. The Morgan fingerprint density at radius 3 is 2.00 bits per heavy atom. The van der Waals surface area contributed by atoms with Crippen molar-refractivity contribution in [2.45, 2.75) is 43.9 Å². The normalized spacial score (nSPS) is 15.2. The van der Waals surface area contributed by atoms with Gasteiger partial charge in [-0.1, -0.05) is 57.2 Å². The Morgan fingerprint density at radius 1 is 0.811 bits per heavy atom. The number of amides is 2. The van der Waals surface area contributed by atoms with Gasteiger partial charge in [-0.25, -0.2) is 8.42 Å². The van der Waals surface area contributed by atoms with E-state index in [-0.39, 0.29) is 28.0 Å². The second kappa shape index (κ2) is 10.9. The van der Waals surface area contributed by atoms with Crippen LogP contribution >= 0.6 is 0 Å². The lowest BCUT2D eigenvalue weighted by molar-refractivity contribution is -0.120. The molecule has 194 valence electrons. The van der Waals surface area contributed by atoms with Crippen LogP contribution in [0.25, 0.3) is 0 Å². The van der Waals surface area contributed by atoms with Crippen molar-refractivity contribution in [2.75, 3.05) is 23.7 Å². The number of sulfonamides is 1. The number of nitrogens with one attached hydrogen (secondary N) is 2. The summed E-state index contributed by atoms with van der Waals surface area (Å²) in [5.74, 6) is -0.671. The summed E-state index contributed by atoms with van der Waals surface area (Å²) in [7, 11) is -3.56. The van der Waals surface area contributed by atoms with Crippen molar-refractivity contribution in [3.63, 3.8) is 0 Å². The first-order valence-corrected chi connectivity index (χ1v) is 13.9. The van der Waals surface area contributed by atoms with Crippen LogP contribution in [0.15, 0.2) is 83.8 Å². The fourth-order valence-corrected chi connectivity index (χ4v) is 5.83. The van der Waals surface area contributed by atoms with E-state index < -0.39 is 10.0 Å². The van der Waals surface area contributed by atoms with E-state index in [1.54, 1.807) is 54.6 Å². The summed E-state index contributed by atoms with van der Waals surface area (Å²) in [6, 6.07) is 22.9. The molecule has 0 radical (unpaired) electrons. The number of piperidine rings is 1. The van der Waals surface area contributed by atoms with Crippen LogP contribution in [0.2, 0.25) is 0 Å². The molecular formula is C29H33N3O4S. The number of benzene rings is 3. The largest absolute Gasteiger partial charge is 0.326 e. The number of nitrogens with zero attached hydrogens (tertiary/aromatic N) is 1. The van der Waals surface area contributed by atoms with Gasteiger partial charge in [0.25, 0.3) is 5.91 Å². The summed E-state index contributed by atoms with van der Waals surface area (Å²) in [4.78, 5) is 25.9. The molecule has 0 saturated carbocycles. The minimum atomic E-state index is -3.56. The van der Waals surface area contributed by atoms with Gasteiger partial charge in [0.1, 0.15) is 0 Å². The first kappa shape index (κ1) is 26.6. The second-order valence-corrected chi connectivity index (χ2v) is 12.3. The molecule has 1 fully saturated rings. The third kappa shape index (κ3) is 6.45. The lowest BCUT2D eigenvalue weighted by Gasteiger charge is -2.30. The van der Waals surface area contributed by atoms with E-state index in [4.69, 9.17) is 0 Å². The number of anilines is 2. The molecule has 0 spiro atoms. The van der Waals surface area contributed by atoms with Crippen molar-refractivity contribution >= 4 is 33.2 Å². The van der Waals surface area contributed by atoms with Crippen molar-refractivity contribution in [3.8, 4) is 0 Å². The topological polar surface area (TPSA) is 95.6 Å². The first-order chi connectivity index (χ1) is 17.5. The molecule has 2 N–H and O–H groups in total. The lowest BCUT2D eigenvalue weighted by atomic mass is 9.87. The van der Waals surface area contributed by atoms with Gasteiger partial charge in [0.2, 0.25) is 15.9 Å². The lowest BCUT2D eigenvalue weighted by Crippen LogP contribution is -2.41. The molecule has 1 aliphatic rings. The van der Waals surface area contributed by atoms with E-state index in [2.05, 4.69) is 31.4 Å². The monoisotopic (exact) mass is 519 g/mol. The van der Waals surface area contributed by atoms with Crippen LogP contribution < -0.4 is 10.6 Å². The fourth-order valence-electron chi connectivity index (χ4n) is 4.34. The van der Waals surface area contributed by atoms with E-state index in [1.165, 1.54) is 4.31 Å². The fraction of sp³-hybridized carbons (Fsp3) is 0.310. The zero-order valence-corrected chi connectivity index (χ0v) is 22.2. The van der Waals surface area contributed by atoms with Gasteiger partial charge in [-0.15, -0.1) is 0 Å². The molecule has 4 rings (SSSR count). The van der Waals surface area contributed by atoms with Crippen LogP contribution in [-0.2, 0) is 20.2 Å². The molecule has 7 nitrogen and oxygen atoms in total. The summed E-state index contributed by atoms with van der Waals surface area (Å²) in [6.07, 6.45) is 0.887. The zero-order chi connectivity index (χ0) is 26.6. The van der Waals surface area contributed by atoms with Crippen molar-refractivity contribution in [3.05, 3.63) is 90.0 Å². The highest BCUT2D eigenvalue weighted by Gasteiger charge is 2.32. The van der Waals surface area contributed by atoms with Gasteiger partial charge in [-0.3, -0.25) is 9.59 Å². The maximum atomic E-state index is 12.9. The standard InChI is InChI=1S/C29H33N3O4S/c1-29(2,3)23-14-12-21(13-15-23)27(33)30-24-8-7-9-25(20-24)31-28(34)22-16-18-32(19-17-22)37(35,36)26-10-5-4-6-11-26/h4-15,20,22H,16-19H2,1-3H3,(H,30,33)(H,31,34). The molecule has 0 atom stereocenters. The predicted molar refractivity (Wildman–Crippen MR) is 146 cm³/mol. The third-order valence-corrected chi connectivity index (χ3v) is 8.52. The molecule has 0 aliphatic carbocycles. The summed E-state index contributed by atoms with van der Waals surface area (Å²) in [6.45, 7) is 6.95. The van der Waals surface area contributed by atoms with Crippen LogP contribution in [0.4, 0.5) is 11.4 Å². The van der Waals surface area contributed by atoms with Crippen LogP contribution in [0.1, 0.15) is 49.5 Å². The zero-order valence-electron chi connectivity index (χ0n) is 21.4. The van der Waals surface area contributed by atoms with Gasteiger partial charge >= 0.3 is 0 Å². The van der Waals surface area contributed by atoms with Crippen LogP contribution in [0, 0.1) is 5.92 Å². The van der Waals surface area contributed by atoms with Gasteiger partial charge in [0.05, 0.1) is 4.90 Å². The maximum absolute atomic E-state index is 12.9. The average molecular weight is 520 g/mol. The van der Waals surface area contributed by atoms with E-state index in [0.29, 0.717) is 42.9 Å². The summed E-state index contributed by atoms with van der Waals surface area (Å²) >= 11 is 0. The van der Waals surface area contributed by atoms with Gasteiger partial charge in [0.15, 0.2) is 0 Å². The highest BCUT2D eigenvalue weighted by Crippen LogP contribution is 2.26. The summed E-state index contributed by atoms with van der Waals surface area (Å²) in [5.41, 5.74) is 2.86. The molecule has 1 saturated heterocycles. The molecular weight excluding hydrogens is 486 g/mol. The molecule has 1 heterocycles. The average Bonchev–Trinajstić information content (AvgIpc) is 2.89. The molecule has 37 heavy (non-hydrogen) atoms. The molecule has 0 unspecified atom stereocenters. The van der Waals surface area contributed by atoms with Gasteiger partial charge in [-0.05, 0) is 66.3 Å². The van der Waals surface area contributed by atoms with Crippen molar-refractivity contribution in [1.82, 2.24) is 4.31 Å². The Hall–Kier alpha value is -3.49. The summed E-state index contributed by atoms with van der Waals surface area (Å²) < 4.78 is 27.1. The molecule has 8 heteroatoms. The van der Waals surface area contributed by atoms with E-state index in [0.717, 1.165) is 5.56 Å². The summed E-state index contributed by atoms with van der Waals surface area (Å²) in [5, 5.41) is 5.80. The molecule has 3 aromatic carbocycles. The number of carbonyl (C=O) groups is 2. The molecule has 0 aromatic heterocycles. The van der Waals surface area contributed by atoms with E-state index in [1.807, 2.05) is 24.3 Å². The van der Waals surface area contributed by atoms with Crippen LogP contribution in [0.3, 0.4) is 0 Å². The number of hydrogen-bond donors (Lipinski definition) is 2. The van der Waals surface area contributed by atoms with Crippen LogP contribution in [-0.4, -0.2) is 37.6 Å². The van der Waals surface area contributed by atoms with Crippen molar-refractivity contribution in [2.24, 2.45) is 5.92 Å². The Morgan fingerprint density at radius 2 is 1.41 bits per heavy atom.